The van der Waals surface area contributed by atoms with E-state index in [4.69, 9.17) is 10.5 Å². The third-order valence-corrected chi connectivity index (χ3v) is 3.96. The van der Waals surface area contributed by atoms with Crippen LogP contribution in [0.5, 0.6) is 5.75 Å². The Morgan fingerprint density at radius 2 is 2.10 bits per heavy atom. The Morgan fingerprint density at radius 3 is 2.67 bits per heavy atom. The highest BCUT2D eigenvalue weighted by molar-refractivity contribution is 7.18. The Bertz CT molecular complexity index is 711. The normalized spacial score (nSPS) is 10.2. The molecule has 2 rings (SSSR count). The maximum absolute atomic E-state index is 11.6. The molecule has 0 fully saturated rings. The minimum absolute atomic E-state index is 0.125. The summed E-state index contributed by atoms with van der Waals surface area (Å²) in [7, 11) is 2.61. The highest BCUT2D eigenvalue weighted by atomic mass is 32.1. The molecule has 0 bridgehead atoms. The number of nitro groups is 1. The molecule has 0 unspecified atom stereocenters. The lowest BCUT2D eigenvalue weighted by atomic mass is 10.1. The van der Waals surface area contributed by atoms with Crippen molar-refractivity contribution in [2.24, 2.45) is 0 Å². The van der Waals surface area contributed by atoms with E-state index in [-0.39, 0.29) is 22.0 Å². The number of nitrogens with zero attached hydrogens (tertiary/aromatic N) is 1. The number of rotatable bonds is 4. The Kier molecular flexibility index (Phi) is 4.08. The van der Waals surface area contributed by atoms with Gasteiger partial charge in [-0.15, -0.1) is 11.3 Å². The molecule has 2 aromatic rings. The van der Waals surface area contributed by atoms with Crippen LogP contribution in [0.15, 0.2) is 24.3 Å². The summed E-state index contributed by atoms with van der Waals surface area (Å²) in [5, 5.41) is 11.0. The lowest BCUT2D eigenvalue weighted by Crippen LogP contribution is -2.00. The molecular weight excluding hydrogens is 296 g/mol. The van der Waals surface area contributed by atoms with Crippen molar-refractivity contribution < 1.29 is 19.2 Å². The fraction of sp³-hybridized carbons (Fsp3) is 0.154. The lowest BCUT2D eigenvalue weighted by molar-refractivity contribution is -0.385. The first-order chi connectivity index (χ1) is 9.99. The van der Waals surface area contributed by atoms with Gasteiger partial charge in [-0.3, -0.25) is 10.1 Å². The zero-order valence-corrected chi connectivity index (χ0v) is 12.1. The summed E-state index contributed by atoms with van der Waals surface area (Å²) in [6.45, 7) is 0. The second-order valence-corrected chi connectivity index (χ2v) is 5.05. The van der Waals surface area contributed by atoms with Gasteiger partial charge in [-0.05, 0) is 12.1 Å². The second-order valence-electron chi connectivity index (χ2n) is 4.00. The van der Waals surface area contributed by atoms with Crippen LogP contribution in [-0.4, -0.2) is 25.1 Å². The maximum Gasteiger partial charge on any atom is 0.350 e. The summed E-state index contributed by atoms with van der Waals surface area (Å²) in [5.74, 6) is -0.423. The molecular formula is C13H12N2O5S. The topological polar surface area (TPSA) is 105 Å². The Hall–Kier alpha value is -2.61. The van der Waals surface area contributed by atoms with Crippen LogP contribution >= 0.6 is 11.3 Å². The molecule has 1 aromatic carbocycles. The van der Waals surface area contributed by atoms with Gasteiger partial charge in [0.2, 0.25) is 5.75 Å². The Morgan fingerprint density at radius 1 is 1.38 bits per heavy atom. The van der Waals surface area contributed by atoms with E-state index in [0.29, 0.717) is 10.4 Å². The van der Waals surface area contributed by atoms with Crippen LogP contribution in [0.1, 0.15) is 9.67 Å². The van der Waals surface area contributed by atoms with Crippen molar-refractivity contribution in [2.75, 3.05) is 20.0 Å². The number of carbonyl (C=O) groups is 1. The van der Waals surface area contributed by atoms with Crippen LogP contribution in [0, 0.1) is 10.1 Å². The van der Waals surface area contributed by atoms with Crippen molar-refractivity contribution >= 4 is 28.7 Å². The molecule has 0 atom stereocenters. The van der Waals surface area contributed by atoms with Crippen LogP contribution in [0.4, 0.5) is 11.4 Å². The average molecular weight is 308 g/mol. The Balaban J connectivity index is 2.60. The van der Waals surface area contributed by atoms with E-state index in [1.807, 2.05) is 0 Å². The fourth-order valence-corrected chi connectivity index (χ4v) is 2.89. The molecule has 0 saturated carbocycles. The summed E-state index contributed by atoms with van der Waals surface area (Å²) in [4.78, 5) is 22.9. The van der Waals surface area contributed by atoms with Crippen molar-refractivity contribution in [3.63, 3.8) is 0 Å². The number of esters is 1. The standard InChI is InChI=1S/C13H12N2O5S/c1-19-11-7(4-3-5-9(11)15(17)18)10-6-8(14)12(21-10)13(16)20-2/h3-6H,14H2,1-2H3. The van der Waals surface area contributed by atoms with E-state index in [1.54, 1.807) is 18.2 Å². The molecule has 0 saturated heterocycles. The van der Waals surface area contributed by atoms with Crippen molar-refractivity contribution in [3.05, 3.63) is 39.3 Å². The van der Waals surface area contributed by atoms with E-state index in [0.717, 1.165) is 11.3 Å². The number of nitro benzene ring substituents is 1. The van der Waals surface area contributed by atoms with Crippen LogP contribution in [-0.2, 0) is 4.74 Å². The smallest absolute Gasteiger partial charge is 0.350 e. The molecule has 0 aliphatic rings. The molecule has 1 aromatic heterocycles. The maximum atomic E-state index is 11.6. The minimum atomic E-state index is -0.548. The number of benzene rings is 1. The minimum Gasteiger partial charge on any atom is -0.490 e. The van der Waals surface area contributed by atoms with Crippen LogP contribution in [0.25, 0.3) is 10.4 Å². The predicted molar refractivity (Wildman–Crippen MR) is 78.7 cm³/mol. The first-order valence-corrected chi connectivity index (χ1v) is 6.60. The zero-order valence-electron chi connectivity index (χ0n) is 11.3. The molecule has 0 radical (unpaired) electrons. The van der Waals surface area contributed by atoms with Gasteiger partial charge in [0.25, 0.3) is 0 Å². The number of nitrogen functional groups attached to an aromatic ring is 1. The molecule has 1 heterocycles. The van der Waals surface area contributed by atoms with E-state index in [1.165, 1.54) is 20.3 Å². The van der Waals surface area contributed by atoms with Gasteiger partial charge in [0.1, 0.15) is 4.88 Å². The first kappa shape index (κ1) is 14.8. The van der Waals surface area contributed by atoms with E-state index in [2.05, 4.69) is 4.74 Å². The monoisotopic (exact) mass is 308 g/mol. The third kappa shape index (κ3) is 2.65. The molecule has 0 amide bonds. The third-order valence-electron chi connectivity index (χ3n) is 2.79. The molecule has 0 aliphatic carbocycles. The van der Waals surface area contributed by atoms with Gasteiger partial charge in [0.05, 0.1) is 24.8 Å². The number of ether oxygens (including phenoxy) is 2. The number of para-hydroxylation sites is 1. The highest BCUT2D eigenvalue weighted by Gasteiger charge is 2.22. The summed E-state index contributed by atoms with van der Waals surface area (Å²) in [6.07, 6.45) is 0. The SMILES string of the molecule is COC(=O)c1sc(-c2cccc([N+](=O)[O-])c2OC)cc1N. The molecule has 7 nitrogen and oxygen atoms in total. The van der Waals surface area contributed by atoms with Gasteiger partial charge in [-0.25, -0.2) is 4.79 Å². The molecule has 2 N–H and O–H groups in total. The molecule has 0 spiro atoms. The highest BCUT2D eigenvalue weighted by Crippen LogP contribution is 2.42. The molecule has 0 aliphatic heterocycles. The number of nitrogens with two attached hydrogens (primary N) is 1. The van der Waals surface area contributed by atoms with Crippen LogP contribution < -0.4 is 10.5 Å². The van der Waals surface area contributed by atoms with E-state index in [9.17, 15) is 14.9 Å². The number of hydrogen-bond donors (Lipinski definition) is 1. The molecule has 21 heavy (non-hydrogen) atoms. The first-order valence-electron chi connectivity index (χ1n) is 5.79. The van der Waals surface area contributed by atoms with Crippen molar-refractivity contribution in [1.82, 2.24) is 0 Å². The zero-order chi connectivity index (χ0) is 15.6. The molecule has 110 valence electrons. The summed E-state index contributed by atoms with van der Waals surface area (Å²) in [5.41, 5.74) is 6.39. The second kappa shape index (κ2) is 5.80. The number of anilines is 1. The number of carbonyl (C=O) groups excluding carboxylic acids is 1. The number of methoxy groups -OCH3 is 2. The van der Waals surface area contributed by atoms with Crippen molar-refractivity contribution in [2.45, 2.75) is 0 Å². The van der Waals surface area contributed by atoms with Gasteiger partial charge in [0.15, 0.2) is 0 Å². The molecule has 8 heteroatoms. The van der Waals surface area contributed by atoms with E-state index < -0.39 is 10.9 Å². The van der Waals surface area contributed by atoms with Gasteiger partial charge in [-0.1, -0.05) is 6.07 Å². The summed E-state index contributed by atoms with van der Waals surface area (Å²) in [6, 6.07) is 6.13. The summed E-state index contributed by atoms with van der Waals surface area (Å²) >= 11 is 1.09. The van der Waals surface area contributed by atoms with Gasteiger partial charge >= 0.3 is 11.7 Å². The van der Waals surface area contributed by atoms with Crippen molar-refractivity contribution in [3.8, 4) is 16.2 Å². The van der Waals surface area contributed by atoms with Crippen LogP contribution in [0.3, 0.4) is 0 Å². The lowest BCUT2D eigenvalue weighted by Gasteiger charge is -2.06. The number of hydrogen-bond acceptors (Lipinski definition) is 7. The van der Waals surface area contributed by atoms with Gasteiger partial charge < -0.3 is 15.2 Å². The van der Waals surface area contributed by atoms with Crippen molar-refractivity contribution in [1.29, 1.82) is 0 Å². The Labute approximate surface area is 124 Å². The van der Waals surface area contributed by atoms with Gasteiger partial charge in [-0.2, -0.15) is 0 Å². The quantitative estimate of drug-likeness (QED) is 0.529. The van der Waals surface area contributed by atoms with E-state index >= 15 is 0 Å². The van der Waals surface area contributed by atoms with Crippen LogP contribution in [0.2, 0.25) is 0 Å². The summed E-state index contributed by atoms with van der Waals surface area (Å²) < 4.78 is 9.77. The fourth-order valence-electron chi connectivity index (χ4n) is 1.87. The predicted octanol–water partition coefficient (Wildman–Crippen LogP) is 2.70. The van der Waals surface area contributed by atoms with Gasteiger partial charge in [0, 0.05) is 16.5 Å². The average Bonchev–Trinajstić information content (AvgIpc) is 2.87. The largest absolute Gasteiger partial charge is 0.490 e. The number of thiophene rings is 1.